The second-order valence-corrected chi connectivity index (χ2v) is 22.2. The molecule has 2 aliphatic carbocycles. The molecule has 2 aromatic carbocycles. The second-order valence-electron chi connectivity index (χ2n) is 17.5. The number of hydrogen-bond acceptors (Lipinski definition) is 8. The summed E-state index contributed by atoms with van der Waals surface area (Å²) >= 11 is 0. The summed E-state index contributed by atoms with van der Waals surface area (Å²) in [6.45, 7) is 14.9. The number of hydrogen-bond donors (Lipinski definition) is 0. The molecule has 0 unspecified atom stereocenters. The summed E-state index contributed by atoms with van der Waals surface area (Å²) in [5.74, 6) is 3.73. The third-order valence-corrected chi connectivity index (χ3v) is 16.9. The standard InChI is InChI=1S/C45H52N6O3Si/c1-28-18-19-46-44(47-28)37-22-36(37)39-23-42(53-27-29-8-14-33(52-5)15-9-29)35-16-13-32(20-38(35)48-39)51-25-34(54-55(6,7)45(2,3)4)21-41(51)40-26-50-24-31(30-10-11-30)12-17-43(50)49-40/h8-9,12-20,23-24,26,30,34,36-37,41H,10-11,21-22,25,27H2,1-7H3/t34-,36-,37-,41+/m0/s1. The Balaban J connectivity index is 1.08. The zero-order valence-corrected chi connectivity index (χ0v) is 34.1. The first kappa shape index (κ1) is 35.9. The topological polar surface area (TPSA) is 86.9 Å². The highest BCUT2D eigenvalue weighted by atomic mass is 28.4. The molecule has 55 heavy (non-hydrogen) atoms. The van der Waals surface area contributed by atoms with Crippen molar-refractivity contribution >= 4 is 30.6 Å². The van der Waals surface area contributed by atoms with Crippen LogP contribution in [-0.4, -0.2) is 52.4 Å². The van der Waals surface area contributed by atoms with Crippen molar-refractivity contribution in [1.82, 2.24) is 24.3 Å². The zero-order valence-electron chi connectivity index (χ0n) is 33.1. The number of rotatable bonds is 11. The lowest BCUT2D eigenvalue weighted by atomic mass is 10.1. The summed E-state index contributed by atoms with van der Waals surface area (Å²) in [5, 5.41) is 1.11. The third-order valence-electron chi connectivity index (χ3n) is 12.4. The van der Waals surface area contributed by atoms with Gasteiger partial charge in [-0.25, -0.2) is 15.0 Å². The molecule has 10 heteroatoms. The van der Waals surface area contributed by atoms with Crippen LogP contribution in [0, 0.1) is 6.92 Å². The van der Waals surface area contributed by atoms with E-state index in [-0.39, 0.29) is 29.0 Å². The van der Waals surface area contributed by atoms with Gasteiger partial charge in [-0.1, -0.05) is 39.0 Å². The van der Waals surface area contributed by atoms with Crippen LogP contribution in [0.3, 0.4) is 0 Å². The van der Waals surface area contributed by atoms with Crippen LogP contribution in [0.5, 0.6) is 11.5 Å². The first-order chi connectivity index (χ1) is 26.4. The molecule has 3 fully saturated rings. The number of imidazole rings is 1. The van der Waals surface area contributed by atoms with Crippen LogP contribution >= 0.6 is 0 Å². The molecule has 1 aliphatic heterocycles. The van der Waals surface area contributed by atoms with Crippen molar-refractivity contribution in [2.45, 2.75) is 108 Å². The summed E-state index contributed by atoms with van der Waals surface area (Å²) in [5.41, 5.74) is 8.61. The van der Waals surface area contributed by atoms with Gasteiger partial charge < -0.3 is 23.2 Å². The molecule has 6 aromatic rings. The Hall–Kier alpha value is -4.80. The van der Waals surface area contributed by atoms with Gasteiger partial charge >= 0.3 is 0 Å². The fraction of sp³-hybridized carbons (Fsp3) is 0.422. The molecular formula is C45H52N6O3Si. The Morgan fingerprint density at radius 1 is 0.855 bits per heavy atom. The van der Waals surface area contributed by atoms with Gasteiger partial charge in [0.25, 0.3) is 0 Å². The van der Waals surface area contributed by atoms with Gasteiger partial charge in [0.1, 0.15) is 29.6 Å². The van der Waals surface area contributed by atoms with Crippen LogP contribution in [0.25, 0.3) is 16.6 Å². The van der Waals surface area contributed by atoms with Gasteiger partial charge in [0.15, 0.2) is 8.32 Å². The maximum Gasteiger partial charge on any atom is 0.192 e. The minimum atomic E-state index is -2.02. The summed E-state index contributed by atoms with van der Waals surface area (Å²) in [7, 11) is -0.334. The lowest BCUT2D eigenvalue weighted by molar-refractivity contribution is 0.198. The van der Waals surface area contributed by atoms with E-state index in [0.29, 0.717) is 12.5 Å². The Bertz CT molecular complexity index is 2370. The van der Waals surface area contributed by atoms with Gasteiger partial charge in [-0.15, -0.1) is 0 Å². The fourth-order valence-corrected chi connectivity index (χ4v) is 9.28. The van der Waals surface area contributed by atoms with E-state index in [1.807, 2.05) is 31.3 Å². The van der Waals surface area contributed by atoms with Gasteiger partial charge in [0.2, 0.25) is 0 Å². The van der Waals surface area contributed by atoms with Gasteiger partial charge in [-0.05, 0) is 104 Å². The van der Waals surface area contributed by atoms with E-state index in [1.165, 1.54) is 18.4 Å². The second kappa shape index (κ2) is 13.7. The van der Waals surface area contributed by atoms with Crippen LogP contribution in [0.15, 0.2) is 85.3 Å². The Morgan fingerprint density at radius 2 is 1.67 bits per heavy atom. The van der Waals surface area contributed by atoms with Crippen LogP contribution in [0.2, 0.25) is 18.1 Å². The van der Waals surface area contributed by atoms with Crippen molar-refractivity contribution in [2.24, 2.45) is 0 Å². The minimum Gasteiger partial charge on any atom is -0.497 e. The molecule has 2 saturated carbocycles. The van der Waals surface area contributed by atoms with Crippen LogP contribution in [0.4, 0.5) is 5.69 Å². The number of aryl methyl sites for hydroxylation is 1. The van der Waals surface area contributed by atoms with E-state index >= 15 is 0 Å². The largest absolute Gasteiger partial charge is 0.497 e. The Labute approximate surface area is 325 Å². The number of anilines is 1. The average Bonchev–Trinajstić information content (AvgIpc) is 4.09. The van der Waals surface area contributed by atoms with Crippen molar-refractivity contribution < 1.29 is 13.9 Å². The predicted molar refractivity (Wildman–Crippen MR) is 220 cm³/mol. The van der Waals surface area contributed by atoms with Gasteiger partial charge in [0, 0.05) is 71.9 Å². The number of aromatic nitrogens is 5. The fourth-order valence-electron chi connectivity index (χ4n) is 7.92. The van der Waals surface area contributed by atoms with Gasteiger partial charge in [-0.2, -0.15) is 0 Å². The number of nitrogens with zero attached hydrogens (tertiary/aromatic N) is 6. The minimum absolute atomic E-state index is 0.0664. The molecule has 9 rings (SSSR count). The van der Waals surface area contributed by atoms with E-state index in [0.717, 1.165) is 81.6 Å². The highest BCUT2D eigenvalue weighted by Crippen LogP contribution is 2.54. The van der Waals surface area contributed by atoms with Crippen LogP contribution in [0.1, 0.15) is 104 Å². The number of ether oxygens (including phenoxy) is 2. The first-order valence-corrected chi connectivity index (χ1v) is 22.8. The molecule has 0 radical (unpaired) electrons. The zero-order chi connectivity index (χ0) is 38.1. The molecule has 0 spiro atoms. The van der Waals surface area contributed by atoms with Crippen LogP contribution < -0.4 is 14.4 Å². The SMILES string of the molecule is COc1ccc(COc2cc([C@H]3C[C@@H]3c3nccc(C)n3)nc3cc(N4C[C@@H](O[Si](C)(C)C(C)(C)C)C[C@@H]4c4cn5cc(C6CC6)ccc5n4)ccc23)cc1. The molecule has 284 valence electrons. The summed E-state index contributed by atoms with van der Waals surface area (Å²) < 4.78 is 21.4. The lowest BCUT2D eigenvalue weighted by Gasteiger charge is -2.38. The maximum absolute atomic E-state index is 7.12. The molecule has 0 bridgehead atoms. The van der Waals surface area contributed by atoms with E-state index in [9.17, 15) is 0 Å². The molecule has 1 saturated heterocycles. The number of fused-ring (bicyclic) bond motifs is 2. The summed E-state index contributed by atoms with van der Waals surface area (Å²) in [6.07, 6.45) is 10.9. The van der Waals surface area contributed by atoms with Crippen molar-refractivity contribution in [2.75, 3.05) is 18.6 Å². The van der Waals surface area contributed by atoms with Crippen molar-refractivity contribution in [1.29, 1.82) is 0 Å². The van der Waals surface area contributed by atoms with E-state index in [2.05, 4.69) is 109 Å². The van der Waals surface area contributed by atoms with Crippen molar-refractivity contribution in [3.8, 4) is 11.5 Å². The molecule has 4 aromatic heterocycles. The summed E-state index contributed by atoms with van der Waals surface area (Å²) in [4.78, 5) is 22.5. The predicted octanol–water partition coefficient (Wildman–Crippen LogP) is 10.1. The average molecular weight is 753 g/mol. The smallest absolute Gasteiger partial charge is 0.192 e. The summed E-state index contributed by atoms with van der Waals surface area (Å²) in [6, 6.07) is 23.3. The quantitative estimate of drug-likeness (QED) is 0.121. The molecule has 3 aliphatic rings. The van der Waals surface area contributed by atoms with Crippen LogP contribution in [-0.2, 0) is 11.0 Å². The maximum atomic E-state index is 7.12. The number of benzene rings is 2. The third kappa shape index (κ3) is 7.22. The molecule has 5 heterocycles. The van der Waals surface area contributed by atoms with Crippen molar-refractivity contribution in [3.63, 3.8) is 0 Å². The highest BCUT2D eigenvalue weighted by molar-refractivity contribution is 6.74. The van der Waals surface area contributed by atoms with Gasteiger partial charge in [-0.3, -0.25) is 4.98 Å². The first-order valence-electron chi connectivity index (χ1n) is 19.9. The molecule has 0 N–H and O–H groups in total. The van der Waals surface area contributed by atoms with E-state index in [1.54, 1.807) is 7.11 Å². The number of methoxy groups -OCH3 is 1. The molecule has 9 nitrogen and oxygen atoms in total. The molecule has 4 atom stereocenters. The molecular weight excluding hydrogens is 701 g/mol. The normalized spacial score (nSPS) is 21.4. The monoisotopic (exact) mass is 752 g/mol. The molecule has 0 amide bonds. The van der Waals surface area contributed by atoms with E-state index < -0.39 is 8.32 Å². The van der Waals surface area contributed by atoms with E-state index in [4.69, 9.17) is 28.9 Å². The van der Waals surface area contributed by atoms with Crippen molar-refractivity contribution in [3.05, 3.63) is 119 Å². The highest BCUT2D eigenvalue weighted by Gasteiger charge is 2.45. The Morgan fingerprint density at radius 3 is 2.42 bits per heavy atom. The van der Waals surface area contributed by atoms with Gasteiger partial charge in [0.05, 0.1) is 30.5 Å². The number of pyridine rings is 2. The lowest BCUT2D eigenvalue weighted by Crippen LogP contribution is -2.44. The Kier molecular flexibility index (Phi) is 8.96.